The summed E-state index contributed by atoms with van der Waals surface area (Å²) < 4.78 is 5.89. The first kappa shape index (κ1) is 17.7. The summed E-state index contributed by atoms with van der Waals surface area (Å²) in [6.07, 6.45) is 1.66. The minimum atomic E-state index is 0.405. The van der Waals surface area contributed by atoms with Crippen molar-refractivity contribution in [3.05, 3.63) is 74.7 Å². The quantitative estimate of drug-likeness (QED) is 0.427. The van der Waals surface area contributed by atoms with Crippen molar-refractivity contribution in [2.24, 2.45) is 5.10 Å². The summed E-state index contributed by atoms with van der Waals surface area (Å²) in [5, 5.41) is 8.19. The monoisotopic (exact) mass is 391 g/mol. The fourth-order valence-corrected chi connectivity index (χ4v) is 3.13. The van der Waals surface area contributed by atoms with Crippen LogP contribution in [0.1, 0.15) is 16.8 Å². The molecule has 128 valence electrons. The summed E-state index contributed by atoms with van der Waals surface area (Å²) in [5.41, 5.74) is 5.62. The number of hydrogen-bond donors (Lipinski definition) is 1. The Balaban J connectivity index is 1.71. The van der Waals surface area contributed by atoms with Gasteiger partial charge in [0, 0.05) is 21.0 Å². The molecule has 0 spiro atoms. The Bertz CT molecular complexity index is 896. The number of aryl methyl sites for hydroxylation is 1. The molecule has 0 saturated heterocycles. The molecular formula is C18H15Cl2N3OS. The second-order valence-corrected chi connectivity index (χ2v) is 7.00. The molecule has 25 heavy (non-hydrogen) atoms. The largest absolute Gasteiger partial charge is 0.488 e. The molecule has 0 aliphatic rings. The lowest BCUT2D eigenvalue weighted by Crippen LogP contribution is -1.99. The number of hydrogen-bond acceptors (Lipinski definition) is 5. The molecule has 0 saturated carbocycles. The van der Waals surface area contributed by atoms with Crippen LogP contribution in [-0.4, -0.2) is 11.2 Å². The number of anilines is 1. The summed E-state index contributed by atoms with van der Waals surface area (Å²) in [5.74, 6) is 0.685. The highest BCUT2D eigenvalue weighted by Gasteiger charge is 2.04. The van der Waals surface area contributed by atoms with Crippen molar-refractivity contribution in [3.8, 4) is 5.75 Å². The van der Waals surface area contributed by atoms with E-state index < -0.39 is 0 Å². The zero-order valence-electron chi connectivity index (χ0n) is 13.4. The van der Waals surface area contributed by atoms with Crippen molar-refractivity contribution in [3.63, 3.8) is 0 Å². The molecule has 7 heteroatoms. The molecule has 1 aromatic heterocycles. The number of nitrogens with zero attached hydrogens (tertiary/aromatic N) is 2. The smallest absolute Gasteiger partial charge is 0.203 e. The van der Waals surface area contributed by atoms with Crippen LogP contribution >= 0.6 is 34.5 Å². The minimum Gasteiger partial charge on any atom is -0.488 e. The van der Waals surface area contributed by atoms with Gasteiger partial charge in [0.1, 0.15) is 12.4 Å². The van der Waals surface area contributed by atoms with E-state index in [0.717, 1.165) is 22.0 Å². The molecular weight excluding hydrogens is 377 g/mol. The molecule has 0 aliphatic heterocycles. The number of ether oxygens (including phenoxy) is 1. The van der Waals surface area contributed by atoms with Gasteiger partial charge in [-0.1, -0.05) is 35.3 Å². The summed E-state index contributed by atoms with van der Waals surface area (Å²) in [4.78, 5) is 4.29. The summed E-state index contributed by atoms with van der Waals surface area (Å²) >= 11 is 13.6. The molecule has 1 N–H and O–H groups in total. The van der Waals surface area contributed by atoms with Gasteiger partial charge in [0.25, 0.3) is 0 Å². The first-order chi connectivity index (χ1) is 12.1. The highest BCUT2D eigenvalue weighted by molar-refractivity contribution is 7.13. The van der Waals surface area contributed by atoms with Crippen LogP contribution in [0.15, 0.2) is 52.9 Å². The van der Waals surface area contributed by atoms with E-state index >= 15 is 0 Å². The van der Waals surface area contributed by atoms with Crippen LogP contribution in [0, 0.1) is 6.92 Å². The minimum absolute atomic E-state index is 0.405. The second kappa shape index (κ2) is 8.34. The van der Waals surface area contributed by atoms with Gasteiger partial charge in [-0.2, -0.15) is 5.10 Å². The van der Waals surface area contributed by atoms with Crippen molar-refractivity contribution in [2.75, 3.05) is 5.43 Å². The molecule has 4 nitrogen and oxygen atoms in total. The molecule has 0 radical (unpaired) electrons. The fourth-order valence-electron chi connectivity index (χ4n) is 2.10. The lowest BCUT2D eigenvalue weighted by Gasteiger charge is -2.10. The van der Waals surface area contributed by atoms with Gasteiger partial charge in [-0.15, -0.1) is 11.3 Å². The average molecular weight is 392 g/mol. The Morgan fingerprint density at radius 1 is 1.20 bits per heavy atom. The molecule has 0 aliphatic carbocycles. The van der Waals surface area contributed by atoms with Crippen LogP contribution in [0.4, 0.5) is 5.13 Å². The van der Waals surface area contributed by atoms with Crippen LogP contribution in [-0.2, 0) is 6.61 Å². The Hall–Kier alpha value is -2.08. The van der Waals surface area contributed by atoms with Gasteiger partial charge in [0.2, 0.25) is 5.13 Å². The SMILES string of the molecule is Cc1csc(NN=Cc2cc(Cl)ccc2OCc2cccc(Cl)c2)n1. The first-order valence-corrected chi connectivity index (χ1v) is 9.12. The van der Waals surface area contributed by atoms with E-state index in [-0.39, 0.29) is 0 Å². The number of benzene rings is 2. The van der Waals surface area contributed by atoms with Gasteiger partial charge in [-0.05, 0) is 42.8 Å². The highest BCUT2D eigenvalue weighted by atomic mass is 35.5. The topological polar surface area (TPSA) is 46.5 Å². The van der Waals surface area contributed by atoms with Crippen molar-refractivity contribution >= 4 is 45.9 Å². The fraction of sp³-hybridized carbons (Fsp3) is 0.111. The molecule has 0 atom stereocenters. The van der Waals surface area contributed by atoms with Gasteiger partial charge in [0.15, 0.2) is 0 Å². The van der Waals surface area contributed by atoms with E-state index in [1.165, 1.54) is 11.3 Å². The summed E-state index contributed by atoms with van der Waals surface area (Å²) in [7, 11) is 0. The van der Waals surface area contributed by atoms with E-state index in [4.69, 9.17) is 27.9 Å². The normalized spacial score (nSPS) is 11.0. The number of thiazole rings is 1. The third-order valence-electron chi connectivity index (χ3n) is 3.24. The predicted molar refractivity (Wildman–Crippen MR) is 105 cm³/mol. The lowest BCUT2D eigenvalue weighted by molar-refractivity contribution is 0.306. The lowest BCUT2D eigenvalue weighted by atomic mass is 10.2. The molecule has 1 heterocycles. The molecule has 0 unspecified atom stereocenters. The Morgan fingerprint density at radius 3 is 2.80 bits per heavy atom. The number of nitrogens with one attached hydrogen (secondary N) is 1. The molecule has 0 bridgehead atoms. The molecule has 2 aromatic carbocycles. The number of rotatable bonds is 6. The zero-order valence-corrected chi connectivity index (χ0v) is 15.7. The van der Waals surface area contributed by atoms with Crippen molar-refractivity contribution in [1.82, 2.24) is 4.98 Å². The van der Waals surface area contributed by atoms with Crippen LogP contribution < -0.4 is 10.2 Å². The number of hydrazone groups is 1. The van der Waals surface area contributed by atoms with Crippen LogP contribution in [0.25, 0.3) is 0 Å². The summed E-state index contributed by atoms with van der Waals surface area (Å²) in [6, 6.07) is 13.0. The zero-order chi connectivity index (χ0) is 17.6. The van der Waals surface area contributed by atoms with Crippen LogP contribution in [0.3, 0.4) is 0 Å². The molecule has 3 rings (SSSR count). The number of halogens is 2. The van der Waals surface area contributed by atoms with E-state index in [0.29, 0.717) is 22.4 Å². The predicted octanol–water partition coefficient (Wildman–Crippen LogP) is 5.78. The van der Waals surface area contributed by atoms with Gasteiger partial charge >= 0.3 is 0 Å². The Kier molecular flexibility index (Phi) is 5.91. The first-order valence-electron chi connectivity index (χ1n) is 7.48. The van der Waals surface area contributed by atoms with Crippen LogP contribution in [0.2, 0.25) is 10.0 Å². The van der Waals surface area contributed by atoms with Crippen molar-refractivity contribution in [2.45, 2.75) is 13.5 Å². The van der Waals surface area contributed by atoms with Crippen molar-refractivity contribution in [1.29, 1.82) is 0 Å². The third kappa shape index (κ3) is 5.19. The molecule has 0 amide bonds. The van der Waals surface area contributed by atoms with E-state index in [2.05, 4.69) is 15.5 Å². The molecule has 3 aromatic rings. The standard InChI is InChI=1S/C18H15Cl2N3OS/c1-12-11-25-18(22-12)23-21-9-14-8-16(20)5-6-17(14)24-10-13-3-2-4-15(19)7-13/h2-9,11H,10H2,1H3,(H,22,23). The average Bonchev–Trinajstić information content (AvgIpc) is 2.99. The maximum atomic E-state index is 6.09. The van der Waals surface area contributed by atoms with Gasteiger partial charge in [-0.25, -0.2) is 4.98 Å². The van der Waals surface area contributed by atoms with Crippen molar-refractivity contribution < 1.29 is 4.74 Å². The number of aromatic nitrogens is 1. The Labute approximate surface area is 160 Å². The van der Waals surface area contributed by atoms with E-state index in [1.807, 2.05) is 42.6 Å². The maximum absolute atomic E-state index is 6.09. The third-order valence-corrected chi connectivity index (χ3v) is 4.57. The van der Waals surface area contributed by atoms with Crippen LogP contribution in [0.5, 0.6) is 5.75 Å². The Morgan fingerprint density at radius 2 is 2.04 bits per heavy atom. The van der Waals surface area contributed by atoms with Gasteiger partial charge in [0.05, 0.1) is 11.9 Å². The molecule has 0 fully saturated rings. The van der Waals surface area contributed by atoms with E-state index in [1.54, 1.807) is 18.3 Å². The highest BCUT2D eigenvalue weighted by Crippen LogP contribution is 2.23. The van der Waals surface area contributed by atoms with Gasteiger partial charge in [-0.3, -0.25) is 5.43 Å². The van der Waals surface area contributed by atoms with Gasteiger partial charge < -0.3 is 4.74 Å². The second-order valence-electron chi connectivity index (χ2n) is 5.26. The maximum Gasteiger partial charge on any atom is 0.203 e. The summed E-state index contributed by atoms with van der Waals surface area (Å²) in [6.45, 7) is 2.34. The van der Waals surface area contributed by atoms with E-state index in [9.17, 15) is 0 Å².